The zero-order chi connectivity index (χ0) is 18.4. The predicted molar refractivity (Wildman–Crippen MR) is 90.2 cm³/mol. The van der Waals surface area contributed by atoms with Crippen molar-refractivity contribution in [2.24, 2.45) is 0 Å². The Morgan fingerprint density at radius 3 is 2.40 bits per heavy atom. The molecule has 9 heteroatoms. The summed E-state index contributed by atoms with van der Waals surface area (Å²) >= 11 is 5.73. The van der Waals surface area contributed by atoms with Crippen LogP contribution in [0.1, 0.15) is 17.3 Å². The van der Waals surface area contributed by atoms with Crippen LogP contribution in [0.4, 0.5) is 5.69 Å². The smallest absolute Gasteiger partial charge is 0.310 e. The van der Waals surface area contributed by atoms with Gasteiger partial charge in [0.15, 0.2) is 11.9 Å². The first-order valence-electron chi connectivity index (χ1n) is 7.14. The van der Waals surface area contributed by atoms with Gasteiger partial charge >= 0.3 is 5.69 Å². The third-order valence-corrected chi connectivity index (χ3v) is 3.39. The molecule has 0 saturated carbocycles. The molecule has 130 valence electrons. The van der Waals surface area contributed by atoms with Crippen LogP contribution in [0, 0.1) is 10.1 Å². The molecule has 0 radical (unpaired) electrons. The third kappa shape index (κ3) is 4.92. The summed E-state index contributed by atoms with van der Waals surface area (Å²) in [5.74, 6) is -1.25. The molecule has 2 aromatic rings. The maximum atomic E-state index is 12.0. The number of hydrogen-bond acceptors (Lipinski definition) is 5. The van der Waals surface area contributed by atoms with E-state index in [1.807, 2.05) is 0 Å². The van der Waals surface area contributed by atoms with E-state index in [4.69, 9.17) is 16.3 Å². The highest BCUT2D eigenvalue weighted by Gasteiger charge is 2.21. The largest absolute Gasteiger partial charge is 0.474 e. The monoisotopic (exact) mass is 363 g/mol. The Balaban J connectivity index is 1.93. The van der Waals surface area contributed by atoms with E-state index in [9.17, 15) is 19.7 Å². The van der Waals surface area contributed by atoms with Crippen LogP contribution >= 0.6 is 11.6 Å². The Morgan fingerprint density at radius 2 is 1.76 bits per heavy atom. The fourth-order valence-electron chi connectivity index (χ4n) is 1.85. The summed E-state index contributed by atoms with van der Waals surface area (Å²) in [6.07, 6.45) is -1.06. The van der Waals surface area contributed by atoms with Gasteiger partial charge in [0.2, 0.25) is 0 Å². The second-order valence-corrected chi connectivity index (χ2v) is 5.37. The summed E-state index contributed by atoms with van der Waals surface area (Å²) < 4.78 is 5.30. The quantitative estimate of drug-likeness (QED) is 0.626. The zero-order valence-electron chi connectivity index (χ0n) is 13.1. The van der Waals surface area contributed by atoms with Gasteiger partial charge in [-0.25, -0.2) is 0 Å². The second kappa shape index (κ2) is 8.11. The minimum atomic E-state index is -1.06. The Bertz CT molecular complexity index is 795. The van der Waals surface area contributed by atoms with Gasteiger partial charge in [0, 0.05) is 16.7 Å². The van der Waals surface area contributed by atoms with E-state index in [-0.39, 0.29) is 11.4 Å². The number of nitro benzene ring substituents is 1. The number of ether oxygens (including phenoxy) is 1. The molecule has 0 aliphatic carbocycles. The molecule has 0 unspecified atom stereocenters. The van der Waals surface area contributed by atoms with Crippen LogP contribution in [0.3, 0.4) is 0 Å². The number of hydrogen-bond donors (Lipinski definition) is 2. The second-order valence-electron chi connectivity index (χ2n) is 4.94. The van der Waals surface area contributed by atoms with Crippen LogP contribution in [0.2, 0.25) is 5.02 Å². The number of amides is 2. The summed E-state index contributed by atoms with van der Waals surface area (Å²) in [4.78, 5) is 34.2. The molecule has 0 heterocycles. The first-order chi connectivity index (χ1) is 11.9. The van der Waals surface area contributed by atoms with Gasteiger partial charge in [-0.15, -0.1) is 0 Å². The Kier molecular flexibility index (Phi) is 5.91. The normalized spacial score (nSPS) is 11.3. The number of para-hydroxylation sites is 2. The Labute approximate surface area is 147 Å². The summed E-state index contributed by atoms with van der Waals surface area (Å²) in [6, 6.07) is 11.8. The molecular weight excluding hydrogens is 350 g/mol. The number of halogens is 1. The number of carbonyl (C=O) groups excluding carboxylic acids is 2. The van der Waals surface area contributed by atoms with Crippen molar-refractivity contribution in [2.45, 2.75) is 13.0 Å². The highest BCUT2D eigenvalue weighted by atomic mass is 35.5. The van der Waals surface area contributed by atoms with Crippen molar-refractivity contribution in [3.05, 3.63) is 69.2 Å². The van der Waals surface area contributed by atoms with E-state index < -0.39 is 22.8 Å². The van der Waals surface area contributed by atoms with Gasteiger partial charge in [-0.2, -0.15) is 0 Å². The van der Waals surface area contributed by atoms with Gasteiger partial charge in [0.1, 0.15) is 0 Å². The number of carbonyl (C=O) groups is 2. The first kappa shape index (κ1) is 18.2. The molecular formula is C16H14ClN3O5. The fourth-order valence-corrected chi connectivity index (χ4v) is 1.97. The molecule has 0 saturated heterocycles. The van der Waals surface area contributed by atoms with Crippen molar-refractivity contribution in [2.75, 3.05) is 0 Å². The van der Waals surface area contributed by atoms with Crippen molar-refractivity contribution < 1.29 is 19.2 Å². The number of hydrazine groups is 1. The summed E-state index contributed by atoms with van der Waals surface area (Å²) in [5.41, 5.74) is 4.47. The van der Waals surface area contributed by atoms with Crippen molar-refractivity contribution in [3.8, 4) is 5.75 Å². The van der Waals surface area contributed by atoms with Gasteiger partial charge < -0.3 is 4.74 Å². The highest BCUT2D eigenvalue weighted by Crippen LogP contribution is 2.26. The van der Waals surface area contributed by atoms with Crippen LogP contribution in [0.5, 0.6) is 5.75 Å². The van der Waals surface area contributed by atoms with E-state index in [2.05, 4.69) is 10.9 Å². The van der Waals surface area contributed by atoms with Crippen molar-refractivity contribution >= 4 is 29.1 Å². The van der Waals surface area contributed by atoms with Gasteiger partial charge in [-0.05, 0) is 37.3 Å². The number of rotatable bonds is 5. The lowest BCUT2D eigenvalue weighted by Gasteiger charge is -2.15. The van der Waals surface area contributed by atoms with Crippen molar-refractivity contribution in [3.63, 3.8) is 0 Å². The van der Waals surface area contributed by atoms with E-state index in [0.717, 1.165) is 0 Å². The van der Waals surface area contributed by atoms with E-state index in [1.165, 1.54) is 37.3 Å². The summed E-state index contributed by atoms with van der Waals surface area (Å²) in [6.45, 7) is 1.40. The maximum absolute atomic E-state index is 12.0. The Morgan fingerprint density at radius 1 is 1.12 bits per heavy atom. The SMILES string of the molecule is C[C@H](Oc1ccccc1[N+](=O)[O-])C(=O)NNC(=O)c1ccc(Cl)cc1. The summed E-state index contributed by atoms with van der Waals surface area (Å²) in [5, 5.41) is 11.4. The standard InChI is InChI=1S/C16H14ClN3O5/c1-10(25-14-5-3-2-4-13(14)20(23)24)15(21)18-19-16(22)11-6-8-12(17)9-7-11/h2-10H,1H3,(H,18,21)(H,19,22)/t10-/m0/s1. The number of benzene rings is 2. The van der Waals surface area contributed by atoms with Crippen LogP contribution in [-0.4, -0.2) is 22.8 Å². The highest BCUT2D eigenvalue weighted by molar-refractivity contribution is 6.30. The Hall–Kier alpha value is -3.13. The minimum absolute atomic E-state index is 0.0424. The molecule has 25 heavy (non-hydrogen) atoms. The van der Waals surface area contributed by atoms with Gasteiger partial charge in [-0.3, -0.25) is 30.6 Å². The molecule has 2 N–H and O–H groups in total. The van der Waals surface area contributed by atoms with Crippen LogP contribution < -0.4 is 15.6 Å². The van der Waals surface area contributed by atoms with Crippen molar-refractivity contribution in [1.82, 2.24) is 10.9 Å². The number of nitrogens with one attached hydrogen (secondary N) is 2. The van der Waals surface area contributed by atoms with Crippen molar-refractivity contribution in [1.29, 1.82) is 0 Å². The molecule has 2 amide bonds. The van der Waals surface area contributed by atoms with Crippen LogP contribution in [0.25, 0.3) is 0 Å². The first-order valence-corrected chi connectivity index (χ1v) is 7.52. The van der Waals surface area contributed by atoms with Gasteiger partial charge in [0.25, 0.3) is 11.8 Å². The molecule has 0 fully saturated rings. The molecule has 0 aromatic heterocycles. The molecule has 0 aliphatic heterocycles. The molecule has 0 spiro atoms. The lowest BCUT2D eigenvalue weighted by molar-refractivity contribution is -0.386. The molecule has 2 aromatic carbocycles. The molecule has 0 aliphatic rings. The average molecular weight is 364 g/mol. The van der Waals surface area contributed by atoms with Gasteiger partial charge in [-0.1, -0.05) is 23.7 Å². The number of nitrogens with zero attached hydrogens (tertiary/aromatic N) is 1. The average Bonchev–Trinajstić information content (AvgIpc) is 2.60. The molecule has 2 rings (SSSR count). The predicted octanol–water partition coefficient (Wildman–Crippen LogP) is 2.48. The zero-order valence-corrected chi connectivity index (χ0v) is 13.8. The molecule has 0 bridgehead atoms. The maximum Gasteiger partial charge on any atom is 0.310 e. The van der Waals surface area contributed by atoms with Crippen LogP contribution in [0.15, 0.2) is 48.5 Å². The van der Waals surface area contributed by atoms with E-state index in [0.29, 0.717) is 10.6 Å². The molecule has 8 nitrogen and oxygen atoms in total. The lowest BCUT2D eigenvalue weighted by atomic mass is 10.2. The lowest BCUT2D eigenvalue weighted by Crippen LogP contribution is -2.47. The van der Waals surface area contributed by atoms with E-state index >= 15 is 0 Å². The fraction of sp³-hybridized carbons (Fsp3) is 0.125. The number of nitro groups is 1. The molecule has 1 atom stereocenters. The van der Waals surface area contributed by atoms with Crippen LogP contribution in [-0.2, 0) is 4.79 Å². The topological polar surface area (TPSA) is 111 Å². The van der Waals surface area contributed by atoms with E-state index in [1.54, 1.807) is 18.2 Å². The summed E-state index contributed by atoms with van der Waals surface area (Å²) in [7, 11) is 0. The minimum Gasteiger partial charge on any atom is -0.474 e. The third-order valence-electron chi connectivity index (χ3n) is 3.14. The van der Waals surface area contributed by atoms with Gasteiger partial charge in [0.05, 0.1) is 4.92 Å².